The summed E-state index contributed by atoms with van der Waals surface area (Å²) in [6.07, 6.45) is 0. The van der Waals surface area contributed by atoms with E-state index in [1.807, 2.05) is 0 Å². The molecule has 0 aromatic rings. The second kappa shape index (κ2) is 3.18. The molecular weight excluding hydrogens is 233 g/mol. The highest BCUT2D eigenvalue weighted by atomic mass is 35.6. The average Bonchev–Trinajstić information content (AvgIpc) is 1.64. The summed E-state index contributed by atoms with van der Waals surface area (Å²) in [6, 6.07) is 0. The van der Waals surface area contributed by atoms with E-state index in [0.29, 0.717) is 0 Å². The number of alkyl halides is 5. The standard InChI is InChI=1S/C2HCl5O2/c3-1(4,5)2(6,7)9-8/h8H. The minimum Gasteiger partial charge on any atom is -0.249 e. The van der Waals surface area contributed by atoms with Gasteiger partial charge in [0, 0.05) is 0 Å². The van der Waals surface area contributed by atoms with Gasteiger partial charge in [-0.1, -0.05) is 58.0 Å². The van der Waals surface area contributed by atoms with E-state index in [1.54, 1.807) is 0 Å². The van der Waals surface area contributed by atoms with Crippen LogP contribution < -0.4 is 0 Å². The van der Waals surface area contributed by atoms with Gasteiger partial charge in [-0.05, 0) is 0 Å². The molecule has 0 radical (unpaired) electrons. The Labute approximate surface area is 76.5 Å². The van der Waals surface area contributed by atoms with Gasteiger partial charge in [-0.2, -0.15) is 4.89 Å². The van der Waals surface area contributed by atoms with Crippen molar-refractivity contribution in [2.24, 2.45) is 0 Å². The molecule has 0 aliphatic carbocycles. The lowest BCUT2D eigenvalue weighted by molar-refractivity contribution is -0.269. The van der Waals surface area contributed by atoms with Gasteiger partial charge in [-0.25, -0.2) is 5.26 Å². The van der Waals surface area contributed by atoms with E-state index in [2.05, 4.69) is 4.89 Å². The zero-order valence-electron chi connectivity index (χ0n) is 3.75. The maximum absolute atomic E-state index is 7.91. The molecule has 0 aliphatic heterocycles. The van der Waals surface area contributed by atoms with Gasteiger partial charge in [-0.3, -0.25) is 0 Å². The summed E-state index contributed by atoms with van der Waals surface area (Å²) in [5, 5.41) is 7.91. The van der Waals surface area contributed by atoms with Crippen molar-refractivity contribution in [1.82, 2.24) is 0 Å². The average molecular weight is 234 g/mol. The molecule has 0 fully saturated rings. The van der Waals surface area contributed by atoms with Crippen LogP contribution in [0.4, 0.5) is 0 Å². The van der Waals surface area contributed by atoms with Crippen LogP contribution in [0.2, 0.25) is 0 Å². The highest BCUT2D eigenvalue weighted by molar-refractivity contribution is 6.75. The first-order valence-corrected chi connectivity index (χ1v) is 3.47. The van der Waals surface area contributed by atoms with Crippen molar-refractivity contribution >= 4 is 58.0 Å². The molecular formula is C2HCl5O2. The van der Waals surface area contributed by atoms with Gasteiger partial charge < -0.3 is 0 Å². The number of halogens is 5. The summed E-state index contributed by atoms with van der Waals surface area (Å²) in [6.45, 7) is 0. The van der Waals surface area contributed by atoms with E-state index in [-0.39, 0.29) is 0 Å². The predicted octanol–water partition coefficient (Wildman–Crippen LogP) is 2.98. The topological polar surface area (TPSA) is 29.5 Å². The van der Waals surface area contributed by atoms with Crippen LogP contribution in [-0.4, -0.2) is 13.6 Å². The Morgan fingerprint density at radius 2 is 1.33 bits per heavy atom. The molecule has 0 aromatic heterocycles. The molecule has 9 heavy (non-hydrogen) atoms. The van der Waals surface area contributed by atoms with Crippen molar-refractivity contribution in [3.05, 3.63) is 0 Å². The van der Waals surface area contributed by atoms with Crippen LogP contribution in [0, 0.1) is 0 Å². The van der Waals surface area contributed by atoms with Gasteiger partial charge in [0.2, 0.25) is 0 Å². The lowest BCUT2D eigenvalue weighted by atomic mass is 10.8. The number of rotatable bonds is 1. The van der Waals surface area contributed by atoms with Crippen LogP contribution >= 0.6 is 58.0 Å². The monoisotopic (exact) mass is 232 g/mol. The fourth-order valence-corrected chi connectivity index (χ4v) is 0.155. The fraction of sp³-hybridized carbons (Fsp3) is 1.00. The Morgan fingerprint density at radius 3 is 1.33 bits per heavy atom. The number of hydrogen-bond acceptors (Lipinski definition) is 2. The van der Waals surface area contributed by atoms with Gasteiger partial charge in [0.25, 0.3) is 8.31 Å². The molecule has 0 atom stereocenters. The largest absolute Gasteiger partial charge is 0.296 e. The zero-order chi connectivity index (χ0) is 7.71. The van der Waals surface area contributed by atoms with Gasteiger partial charge in [-0.15, -0.1) is 0 Å². The maximum Gasteiger partial charge on any atom is 0.296 e. The summed E-state index contributed by atoms with van der Waals surface area (Å²) >= 11 is 25.5. The molecule has 7 heteroatoms. The normalized spacial score (nSPS) is 14.0. The molecule has 2 nitrogen and oxygen atoms in total. The van der Waals surface area contributed by atoms with Crippen LogP contribution in [0.25, 0.3) is 0 Å². The van der Waals surface area contributed by atoms with Crippen LogP contribution in [0.5, 0.6) is 0 Å². The smallest absolute Gasteiger partial charge is 0.249 e. The van der Waals surface area contributed by atoms with Crippen molar-refractivity contribution in [1.29, 1.82) is 0 Å². The van der Waals surface area contributed by atoms with Crippen molar-refractivity contribution in [3.8, 4) is 0 Å². The van der Waals surface area contributed by atoms with E-state index in [9.17, 15) is 0 Å². The summed E-state index contributed by atoms with van der Waals surface area (Å²) < 4.78 is -4.30. The summed E-state index contributed by atoms with van der Waals surface area (Å²) in [5.41, 5.74) is 0. The Hall–Kier alpha value is 1.37. The molecule has 0 aromatic carbocycles. The van der Waals surface area contributed by atoms with E-state index >= 15 is 0 Å². The molecule has 0 saturated carbocycles. The van der Waals surface area contributed by atoms with E-state index in [1.165, 1.54) is 0 Å². The van der Waals surface area contributed by atoms with Crippen molar-refractivity contribution in [2.45, 2.75) is 8.31 Å². The molecule has 0 heterocycles. The molecule has 0 bridgehead atoms. The zero-order valence-corrected chi connectivity index (χ0v) is 7.52. The van der Waals surface area contributed by atoms with Gasteiger partial charge in [0.15, 0.2) is 0 Å². The summed E-state index contributed by atoms with van der Waals surface area (Å²) in [7, 11) is 0. The SMILES string of the molecule is OOC(Cl)(Cl)C(Cl)(Cl)Cl. The van der Waals surface area contributed by atoms with E-state index in [0.717, 1.165) is 0 Å². The third-order valence-corrected chi connectivity index (χ3v) is 2.53. The molecule has 0 amide bonds. The molecule has 0 spiro atoms. The second-order valence-electron chi connectivity index (χ2n) is 1.11. The predicted molar refractivity (Wildman–Crippen MR) is 38.4 cm³/mol. The highest BCUT2D eigenvalue weighted by Crippen LogP contribution is 2.45. The lowest BCUT2D eigenvalue weighted by Crippen LogP contribution is -2.32. The van der Waals surface area contributed by atoms with Crippen molar-refractivity contribution in [3.63, 3.8) is 0 Å². The minimum atomic E-state index is -2.22. The van der Waals surface area contributed by atoms with Gasteiger partial charge >= 0.3 is 0 Å². The van der Waals surface area contributed by atoms with Gasteiger partial charge in [0.1, 0.15) is 0 Å². The molecule has 56 valence electrons. The first-order chi connectivity index (χ1) is 3.81. The maximum atomic E-state index is 7.91. The first kappa shape index (κ1) is 10.4. The summed E-state index contributed by atoms with van der Waals surface area (Å²) in [4.78, 5) is 3.44. The molecule has 0 aliphatic rings. The molecule has 1 N–H and O–H groups in total. The van der Waals surface area contributed by atoms with Crippen LogP contribution in [0.3, 0.4) is 0 Å². The Kier molecular flexibility index (Phi) is 3.66. The first-order valence-electron chi connectivity index (χ1n) is 1.58. The quantitative estimate of drug-likeness (QED) is 0.429. The lowest BCUT2D eigenvalue weighted by Gasteiger charge is -2.22. The molecule has 0 saturated heterocycles. The summed E-state index contributed by atoms with van der Waals surface area (Å²) in [5.74, 6) is 0. The molecule has 0 rings (SSSR count). The third kappa shape index (κ3) is 2.85. The van der Waals surface area contributed by atoms with Crippen LogP contribution in [0.15, 0.2) is 0 Å². The van der Waals surface area contributed by atoms with Gasteiger partial charge in [0.05, 0.1) is 0 Å². The Bertz CT molecular complexity index is 95.6. The third-order valence-electron chi connectivity index (χ3n) is 0.445. The highest BCUT2D eigenvalue weighted by Gasteiger charge is 2.48. The second-order valence-corrected chi connectivity index (χ2v) is 4.65. The Morgan fingerprint density at radius 1 is 1.00 bits per heavy atom. The Balaban J connectivity index is 4.14. The number of hydrogen-bond donors (Lipinski definition) is 1. The van der Waals surface area contributed by atoms with E-state index < -0.39 is 8.31 Å². The van der Waals surface area contributed by atoms with E-state index in [4.69, 9.17) is 63.3 Å². The molecule has 0 unspecified atom stereocenters. The van der Waals surface area contributed by atoms with Crippen LogP contribution in [0.1, 0.15) is 0 Å². The minimum absolute atomic E-state index is 2.08. The van der Waals surface area contributed by atoms with Crippen molar-refractivity contribution in [2.75, 3.05) is 0 Å². The van der Waals surface area contributed by atoms with Crippen molar-refractivity contribution < 1.29 is 10.1 Å². The fourth-order valence-electron chi connectivity index (χ4n) is 0.0518. The van der Waals surface area contributed by atoms with Crippen LogP contribution in [-0.2, 0) is 4.89 Å².